The fourth-order valence-electron chi connectivity index (χ4n) is 1.61. The Morgan fingerprint density at radius 2 is 1.71 bits per heavy atom. The van der Waals surface area contributed by atoms with Crippen LogP contribution in [0.5, 0.6) is 11.5 Å². The average Bonchev–Trinajstić information content (AvgIpc) is 2.34. The van der Waals surface area contributed by atoms with E-state index in [1.54, 1.807) is 18.2 Å². The molecule has 2 aromatic carbocycles. The lowest BCUT2D eigenvalue weighted by Crippen LogP contribution is -2.03. The molecule has 0 saturated heterocycles. The first kappa shape index (κ1) is 11.3. The molecule has 0 aliphatic carbocycles. The molecule has 0 aromatic heterocycles. The fraction of sp³-hybridized carbons (Fsp3) is 0.143. The quantitative estimate of drug-likeness (QED) is 0.792. The Balaban J connectivity index is 1.93. The van der Waals surface area contributed by atoms with Gasteiger partial charge in [-0.2, -0.15) is 0 Å². The van der Waals surface area contributed by atoms with E-state index in [0.29, 0.717) is 12.4 Å². The molecule has 0 spiro atoms. The lowest BCUT2D eigenvalue weighted by molar-refractivity contribution is 0.303. The molecule has 3 nitrogen and oxygen atoms in total. The number of anilines is 1. The zero-order valence-corrected chi connectivity index (χ0v) is 9.47. The Bertz CT molecular complexity index is 452. The van der Waals surface area contributed by atoms with Crippen LogP contribution in [0.2, 0.25) is 0 Å². The van der Waals surface area contributed by atoms with Gasteiger partial charge in [-0.1, -0.05) is 30.3 Å². The number of hydrogen-bond acceptors (Lipinski definition) is 3. The van der Waals surface area contributed by atoms with Crippen LogP contribution in [0.1, 0.15) is 5.56 Å². The summed E-state index contributed by atoms with van der Waals surface area (Å²) >= 11 is 0. The van der Waals surface area contributed by atoms with Crippen molar-refractivity contribution in [3.8, 4) is 11.5 Å². The minimum absolute atomic E-state index is 0.161. The average molecular weight is 229 g/mol. The van der Waals surface area contributed by atoms with Gasteiger partial charge in [0.2, 0.25) is 0 Å². The Morgan fingerprint density at radius 3 is 2.47 bits per heavy atom. The van der Waals surface area contributed by atoms with Crippen LogP contribution in [-0.4, -0.2) is 11.7 Å². The Kier molecular flexibility index (Phi) is 3.50. The second-order valence-corrected chi connectivity index (χ2v) is 3.77. The van der Waals surface area contributed by atoms with Crippen molar-refractivity contribution in [1.29, 1.82) is 0 Å². The van der Waals surface area contributed by atoms with E-state index >= 15 is 0 Å². The summed E-state index contributed by atoms with van der Waals surface area (Å²) in [5.74, 6) is 0.663. The maximum absolute atomic E-state index is 9.51. The molecule has 17 heavy (non-hydrogen) atoms. The van der Waals surface area contributed by atoms with Gasteiger partial charge in [0.1, 0.15) is 0 Å². The van der Waals surface area contributed by atoms with Crippen LogP contribution in [-0.2, 0) is 6.42 Å². The van der Waals surface area contributed by atoms with Crippen molar-refractivity contribution in [2.45, 2.75) is 6.42 Å². The van der Waals surface area contributed by atoms with E-state index in [1.807, 2.05) is 30.3 Å². The third-order valence-corrected chi connectivity index (χ3v) is 2.55. The van der Waals surface area contributed by atoms with E-state index in [2.05, 4.69) is 0 Å². The fourth-order valence-corrected chi connectivity index (χ4v) is 1.61. The molecule has 0 bridgehead atoms. The summed E-state index contributed by atoms with van der Waals surface area (Å²) in [7, 11) is 0. The molecular formula is C14H15NO2. The molecule has 3 heteroatoms. The van der Waals surface area contributed by atoms with Crippen molar-refractivity contribution in [3.05, 3.63) is 54.1 Å². The number of benzene rings is 2. The molecule has 2 aromatic rings. The number of hydrogen-bond donors (Lipinski definition) is 2. The van der Waals surface area contributed by atoms with Crippen LogP contribution in [0.3, 0.4) is 0 Å². The van der Waals surface area contributed by atoms with Gasteiger partial charge in [0, 0.05) is 12.1 Å². The smallest absolute Gasteiger partial charge is 0.160 e. The van der Waals surface area contributed by atoms with Gasteiger partial charge in [-0.25, -0.2) is 0 Å². The monoisotopic (exact) mass is 229 g/mol. The molecule has 0 fully saturated rings. The number of aromatic hydroxyl groups is 1. The third-order valence-electron chi connectivity index (χ3n) is 2.55. The summed E-state index contributed by atoms with van der Waals surface area (Å²) in [5, 5.41) is 9.51. The number of phenolic OH excluding ortho intramolecular Hbond substituents is 1. The summed E-state index contributed by atoms with van der Waals surface area (Å²) in [6, 6.07) is 14.6. The number of nitrogens with two attached hydrogens (primary N) is 1. The largest absolute Gasteiger partial charge is 0.504 e. The maximum Gasteiger partial charge on any atom is 0.160 e. The van der Waals surface area contributed by atoms with Gasteiger partial charge < -0.3 is 15.6 Å². The van der Waals surface area contributed by atoms with E-state index in [-0.39, 0.29) is 5.75 Å². The summed E-state index contributed by atoms with van der Waals surface area (Å²) < 4.78 is 5.49. The first-order valence-electron chi connectivity index (χ1n) is 5.51. The van der Waals surface area contributed by atoms with Crippen LogP contribution in [0.15, 0.2) is 48.5 Å². The second kappa shape index (κ2) is 5.25. The molecule has 0 aliphatic rings. The molecule has 0 amide bonds. The standard InChI is InChI=1S/C14H15NO2/c15-12-6-2-1-5-11(12)9-10-17-14-8-4-3-7-13(14)16/h1-8,16H,9-10,15H2. The van der Waals surface area contributed by atoms with E-state index in [4.69, 9.17) is 10.5 Å². The Labute approximate surface area is 100 Å². The van der Waals surface area contributed by atoms with Crippen LogP contribution in [0.4, 0.5) is 5.69 Å². The molecule has 0 atom stereocenters. The molecule has 0 heterocycles. The van der Waals surface area contributed by atoms with Crippen LogP contribution < -0.4 is 10.5 Å². The van der Waals surface area contributed by atoms with Gasteiger partial charge in [-0.3, -0.25) is 0 Å². The highest BCUT2D eigenvalue weighted by Crippen LogP contribution is 2.24. The molecule has 88 valence electrons. The molecule has 0 saturated carbocycles. The number of rotatable bonds is 4. The normalized spacial score (nSPS) is 10.1. The number of para-hydroxylation sites is 3. The lowest BCUT2D eigenvalue weighted by Gasteiger charge is -2.08. The van der Waals surface area contributed by atoms with Crippen LogP contribution in [0.25, 0.3) is 0 Å². The first-order valence-corrected chi connectivity index (χ1v) is 5.51. The summed E-state index contributed by atoms with van der Waals surface area (Å²) in [6.45, 7) is 0.492. The van der Waals surface area contributed by atoms with E-state index in [1.165, 1.54) is 0 Å². The molecule has 3 N–H and O–H groups in total. The zero-order chi connectivity index (χ0) is 12.1. The molecule has 0 aliphatic heterocycles. The van der Waals surface area contributed by atoms with Gasteiger partial charge in [0.15, 0.2) is 11.5 Å². The summed E-state index contributed by atoms with van der Waals surface area (Å²) in [6.07, 6.45) is 0.723. The minimum Gasteiger partial charge on any atom is -0.504 e. The SMILES string of the molecule is Nc1ccccc1CCOc1ccccc1O. The van der Waals surface area contributed by atoms with E-state index in [0.717, 1.165) is 17.7 Å². The van der Waals surface area contributed by atoms with Crippen LogP contribution >= 0.6 is 0 Å². The number of ether oxygens (including phenoxy) is 1. The third kappa shape index (κ3) is 2.91. The van der Waals surface area contributed by atoms with Crippen molar-refractivity contribution in [2.75, 3.05) is 12.3 Å². The first-order chi connectivity index (χ1) is 8.27. The number of phenols is 1. The Morgan fingerprint density at radius 1 is 1.00 bits per heavy atom. The van der Waals surface area contributed by atoms with Crippen molar-refractivity contribution in [1.82, 2.24) is 0 Å². The molecule has 2 rings (SSSR count). The maximum atomic E-state index is 9.51. The van der Waals surface area contributed by atoms with Crippen molar-refractivity contribution in [2.24, 2.45) is 0 Å². The summed E-state index contributed by atoms with van der Waals surface area (Å²) in [5.41, 5.74) is 7.65. The highest BCUT2D eigenvalue weighted by molar-refractivity contribution is 5.46. The summed E-state index contributed by atoms with van der Waals surface area (Å²) in [4.78, 5) is 0. The zero-order valence-electron chi connectivity index (χ0n) is 9.47. The van der Waals surface area contributed by atoms with Crippen molar-refractivity contribution < 1.29 is 9.84 Å². The second-order valence-electron chi connectivity index (χ2n) is 3.77. The molecular weight excluding hydrogens is 214 g/mol. The predicted octanol–water partition coefficient (Wildman–Crippen LogP) is 2.60. The van der Waals surface area contributed by atoms with Crippen molar-refractivity contribution in [3.63, 3.8) is 0 Å². The van der Waals surface area contributed by atoms with Gasteiger partial charge in [0.05, 0.1) is 6.61 Å². The van der Waals surface area contributed by atoms with Gasteiger partial charge in [-0.05, 0) is 23.8 Å². The van der Waals surface area contributed by atoms with Gasteiger partial charge in [0.25, 0.3) is 0 Å². The Hall–Kier alpha value is -2.16. The topological polar surface area (TPSA) is 55.5 Å². The number of nitrogen functional groups attached to an aromatic ring is 1. The lowest BCUT2D eigenvalue weighted by atomic mass is 10.1. The minimum atomic E-state index is 0.161. The van der Waals surface area contributed by atoms with Crippen LogP contribution in [0, 0.1) is 0 Å². The van der Waals surface area contributed by atoms with E-state index in [9.17, 15) is 5.11 Å². The van der Waals surface area contributed by atoms with Gasteiger partial charge >= 0.3 is 0 Å². The highest BCUT2D eigenvalue weighted by Gasteiger charge is 2.01. The van der Waals surface area contributed by atoms with E-state index < -0.39 is 0 Å². The van der Waals surface area contributed by atoms with Gasteiger partial charge in [-0.15, -0.1) is 0 Å². The highest BCUT2D eigenvalue weighted by atomic mass is 16.5. The predicted molar refractivity (Wildman–Crippen MR) is 68.2 cm³/mol. The molecule has 0 unspecified atom stereocenters. The molecule has 0 radical (unpaired) electrons. The van der Waals surface area contributed by atoms with Crippen molar-refractivity contribution >= 4 is 5.69 Å².